The third-order valence-corrected chi connectivity index (χ3v) is 28.3. The van der Waals surface area contributed by atoms with Crippen molar-refractivity contribution >= 4 is 164 Å². The molecule has 4 aromatic heterocycles. The van der Waals surface area contributed by atoms with E-state index in [4.69, 9.17) is 39.9 Å². The van der Waals surface area contributed by atoms with E-state index in [1.54, 1.807) is 108 Å². The van der Waals surface area contributed by atoms with Gasteiger partial charge in [-0.25, -0.2) is 9.59 Å². The third-order valence-electron chi connectivity index (χ3n) is 21.6. The summed E-state index contributed by atoms with van der Waals surface area (Å²) in [5.41, 5.74) is 15.1. The van der Waals surface area contributed by atoms with Crippen molar-refractivity contribution in [2.45, 2.75) is 189 Å². The monoisotopic (exact) mass is 1890 g/mol. The molecule has 712 valence electrons. The van der Waals surface area contributed by atoms with Crippen molar-refractivity contribution in [3.8, 4) is 0 Å². The maximum absolute atomic E-state index is 13.3. The van der Waals surface area contributed by atoms with E-state index in [-0.39, 0.29) is 239 Å². The summed E-state index contributed by atoms with van der Waals surface area (Å²) in [6, 6.07) is 10.5. The number of hydrogen-bond acceptors (Lipinski definition) is 30. The van der Waals surface area contributed by atoms with Crippen LogP contribution in [0.5, 0.6) is 0 Å². The number of aliphatic carboxylic acids is 4. The smallest absolute Gasteiger partial charge is 0.326 e. The van der Waals surface area contributed by atoms with Crippen molar-refractivity contribution in [1.29, 1.82) is 0 Å². The van der Waals surface area contributed by atoms with Crippen LogP contribution in [0.25, 0.3) is 22.1 Å². The van der Waals surface area contributed by atoms with Gasteiger partial charge in [-0.15, -0.1) is 0 Å². The standard InChI is InChI=1S/2C44H60N6O13S2/c1-3-28(42(57)58)24-64-34-11-12-35(34)65-25-31(22-32(52)15-18-61-17-14-26(2)51)39(54)46-16-19-62-20-21-63-36(53)13-10-33(43(59)60)48-40(55)29-7-4-27(5-8-29)6-9-30-23-47-38-37(30)41(56)50-44(45)49-38;1-3-28(24-64-34-11-12-35(34)65-25-31(42(57)58)22-32(52)15-18-61-17-14-26(2)51)39(54)46-16-19-62-20-21-63-36(53)13-10-33(43(59)60)48-40(55)29-7-4-27(5-8-29)6-9-30-23-47-38-37(30)41(56)50-44(45)49-38/h2*4-5,7-8,23,28,31,33-35H,3,6,9-22,24-25H2,1-2H3,(H,46,54)(H,48,55)(H,57,58)(H,59,60)(H4,45,47,49,50,56)/t2*28?,31?,33-,34?,35?/m00/s1. The molecule has 0 aliphatic heterocycles. The fraction of sp³-hybridized carbons (Fsp3) is 0.568. The summed E-state index contributed by atoms with van der Waals surface area (Å²) >= 11 is 6.54. The predicted octanol–water partition coefficient (Wildman–Crippen LogP) is 6.65. The Hall–Kier alpha value is -10.5. The minimum Gasteiger partial charge on any atom is -0.481 e. The molecule has 0 saturated heterocycles. The Labute approximate surface area is 767 Å². The number of benzene rings is 2. The molecule has 0 spiro atoms. The number of Topliss-reactive ketones (excluding diaryl/α,β-unsaturated/α-hetero) is 4. The van der Waals surface area contributed by atoms with E-state index < -0.39 is 77.5 Å². The minimum absolute atomic E-state index is 0.000654. The van der Waals surface area contributed by atoms with E-state index in [0.717, 1.165) is 47.9 Å². The highest BCUT2D eigenvalue weighted by Gasteiger charge is 2.37. The number of anilines is 2. The number of aromatic amines is 4. The second kappa shape index (κ2) is 56.9. The van der Waals surface area contributed by atoms with Crippen molar-refractivity contribution in [3.63, 3.8) is 0 Å². The van der Waals surface area contributed by atoms with Crippen molar-refractivity contribution in [3.05, 3.63) is 115 Å². The summed E-state index contributed by atoms with van der Waals surface area (Å²) in [7, 11) is 0. The molecule has 2 aliphatic rings. The Kier molecular flexibility index (Phi) is 46.7. The predicted molar refractivity (Wildman–Crippen MR) is 490 cm³/mol. The summed E-state index contributed by atoms with van der Waals surface area (Å²) in [5.74, 6) is -7.89. The number of nitrogens with one attached hydrogen (secondary N) is 8. The number of ketones is 4. The molecule has 42 heteroatoms. The first-order valence-corrected chi connectivity index (χ1v) is 47.6. The molecule has 2 saturated carbocycles. The highest BCUT2D eigenvalue weighted by Crippen LogP contribution is 2.43. The summed E-state index contributed by atoms with van der Waals surface area (Å²) in [4.78, 5) is 215. The van der Waals surface area contributed by atoms with Crippen LogP contribution in [-0.2, 0) is 112 Å². The molecule has 10 atom stereocenters. The van der Waals surface area contributed by atoms with E-state index in [1.807, 2.05) is 13.8 Å². The Morgan fingerprint density at radius 3 is 1.16 bits per heavy atom. The van der Waals surface area contributed by atoms with E-state index in [9.17, 15) is 97.1 Å². The van der Waals surface area contributed by atoms with Gasteiger partial charge in [-0.1, -0.05) is 38.1 Å². The molecule has 130 heavy (non-hydrogen) atoms. The molecule has 8 rings (SSSR count). The maximum Gasteiger partial charge on any atom is 0.326 e. The van der Waals surface area contributed by atoms with Gasteiger partial charge < -0.3 is 91.5 Å². The van der Waals surface area contributed by atoms with Gasteiger partial charge in [0.15, 0.2) is 0 Å². The number of carbonyl (C=O) groups is 14. The Morgan fingerprint density at radius 2 is 0.792 bits per heavy atom. The number of carbonyl (C=O) groups excluding carboxylic acids is 10. The molecular weight excluding hydrogens is 1770 g/mol. The number of H-pyrrole nitrogens is 4. The average Bonchev–Trinajstić information content (AvgIpc) is 1.66. The lowest BCUT2D eigenvalue weighted by atomic mass is 9.99. The van der Waals surface area contributed by atoms with Crippen LogP contribution in [0.4, 0.5) is 11.9 Å². The zero-order chi connectivity index (χ0) is 94.6. The molecule has 6 aromatic rings. The van der Waals surface area contributed by atoms with Crippen LogP contribution >= 0.6 is 47.0 Å². The first-order chi connectivity index (χ1) is 62.3. The Morgan fingerprint density at radius 1 is 0.438 bits per heavy atom. The zero-order valence-electron chi connectivity index (χ0n) is 73.5. The minimum atomic E-state index is -1.35. The van der Waals surface area contributed by atoms with Crippen LogP contribution in [0, 0.1) is 23.7 Å². The molecule has 38 nitrogen and oxygen atoms in total. The number of aromatic nitrogens is 6. The van der Waals surface area contributed by atoms with Crippen molar-refractivity contribution in [2.75, 3.05) is 114 Å². The molecular formula is C88H120N12O26S4. The number of nitrogens with zero attached hydrogens (tertiary/aromatic N) is 2. The highest BCUT2D eigenvalue weighted by molar-refractivity contribution is 8.04. The maximum atomic E-state index is 13.3. The largest absolute Gasteiger partial charge is 0.481 e. The number of carboxylic acid groups (broad SMARTS) is 4. The number of fused-ring (bicyclic) bond motifs is 2. The first kappa shape index (κ1) is 107. The number of rotatable bonds is 64. The Bertz CT molecular complexity index is 4890. The summed E-state index contributed by atoms with van der Waals surface area (Å²) in [6.45, 7) is 8.02. The van der Waals surface area contributed by atoms with Gasteiger partial charge in [0.2, 0.25) is 23.7 Å². The fourth-order valence-corrected chi connectivity index (χ4v) is 20.2. The number of aryl methyl sites for hydroxylation is 4. The zero-order valence-corrected chi connectivity index (χ0v) is 76.7. The fourth-order valence-electron chi connectivity index (χ4n) is 13.5. The quantitative estimate of drug-likeness (QED) is 0.0140. The SMILES string of the molecule is CCC(CSC1CCC1SCC(CC(=O)CCOCCC(C)=O)C(=O)NCCOCCOC(=O)CC[C@H](NC(=O)c1ccc(CCc2c[nH]c3nc(N)[nH]c(=O)c23)cc1)C(=O)O)C(=O)O.CCC(CSC1CCC1SCC(CC(=O)CCOCCC(C)=O)C(=O)O)C(=O)NCCOCCOC(=O)CC[C@H](NC(=O)c1ccc(CCc2c[nH]c3nc(N)[nH]c(=O)c23)cc1)C(=O)O. The number of amides is 4. The van der Waals surface area contributed by atoms with Gasteiger partial charge in [-0.2, -0.15) is 57.0 Å². The van der Waals surface area contributed by atoms with Crippen LogP contribution in [-0.4, -0.2) is 268 Å². The number of nitrogen functional groups attached to an aromatic ring is 2. The van der Waals surface area contributed by atoms with E-state index >= 15 is 0 Å². The van der Waals surface area contributed by atoms with Crippen LogP contribution in [0.1, 0.15) is 173 Å². The highest BCUT2D eigenvalue weighted by atomic mass is 32.2. The molecule has 16 N–H and O–H groups in total. The number of ether oxygens (including phenoxy) is 6. The molecule has 0 bridgehead atoms. The van der Waals surface area contributed by atoms with Crippen LogP contribution in [0.2, 0.25) is 0 Å². The molecule has 4 amide bonds. The number of hydrogen-bond donors (Lipinski definition) is 14. The number of carboxylic acids is 4. The van der Waals surface area contributed by atoms with Gasteiger partial charge in [0.1, 0.15) is 59.7 Å². The normalized spacial score (nSPS) is 15.9. The van der Waals surface area contributed by atoms with Crippen molar-refractivity contribution < 1.29 is 116 Å². The van der Waals surface area contributed by atoms with Crippen LogP contribution in [0.3, 0.4) is 0 Å². The molecule has 8 unspecified atom stereocenters. The van der Waals surface area contributed by atoms with Gasteiger partial charge in [-0.3, -0.25) is 77.1 Å². The van der Waals surface area contributed by atoms with Gasteiger partial charge in [0.05, 0.1) is 81.4 Å². The van der Waals surface area contributed by atoms with E-state index in [0.29, 0.717) is 83.6 Å². The Balaban J connectivity index is 0.000000356. The average molecular weight is 1890 g/mol. The van der Waals surface area contributed by atoms with Crippen molar-refractivity contribution in [1.82, 2.24) is 51.2 Å². The topological polar surface area (TPSA) is 599 Å². The first-order valence-electron chi connectivity index (χ1n) is 43.4. The molecule has 0 radical (unpaired) electrons. The van der Waals surface area contributed by atoms with E-state index in [2.05, 4.69) is 51.2 Å². The lowest BCUT2D eigenvalue weighted by Crippen LogP contribution is -2.41. The van der Waals surface area contributed by atoms with Gasteiger partial charge >= 0.3 is 35.8 Å². The summed E-state index contributed by atoms with van der Waals surface area (Å²) in [5, 5.41) is 51.0. The number of thioether (sulfide) groups is 4. The van der Waals surface area contributed by atoms with Gasteiger partial charge in [0.25, 0.3) is 22.9 Å². The lowest BCUT2D eigenvalue weighted by molar-refractivity contribution is -0.147. The molecule has 2 fully saturated rings. The third kappa shape index (κ3) is 37.8. The second-order valence-electron chi connectivity index (χ2n) is 31.5. The van der Waals surface area contributed by atoms with Gasteiger partial charge in [0, 0.05) is 138 Å². The van der Waals surface area contributed by atoms with Crippen LogP contribution in [0.15, 0.2) is 70.5 Å². The van der Waals surface area contributed by atoms with Gasteiger partial charge in [-0.05, 0) is 137 Å². The molecule has 2 aromatic carbocycles. The lowest BCUT2D eigenvalue weighted by Gasteiger charge is -2.36. The number of nitrogens with two attached hydrogens (primary N) is 2. The second-order valence-corrected chi connectivity index (χ2v) is 36.6. The summed E-state index contributed by atoms with van der Waals surface area (Å²) < 4.78 is 32.0. The van der Waals surface area contributed by atoms with Crippen LogP contribution < -0.4 is 43.9 Å². The number of esters is 2. The van der Waals surface area contributed by atoms with E-state index in [1.165, 1.54) is 13.8 Å². The molecule has 4 heterocycles. The molecule has 2 aliphatic carbocycles. The summed E-state index contributed by atoms with van der Waals surface area (Å²) in [6.07, 6.45) is 10.3. The van der Waals surface area contributed by atoms with Crippen molar-refractivity contribution in [2.24, 2.45) is 23.7 Å².